The average molecular weight is 375 g/mol. The maximum absolute atomic E-state index is 12.4. The van der Waals surface area contributed by atoms with Gasteiger partial charge < -0.3 is 4.57 Å². The monoisotopic (exact) mass is 374 g/mol. The number of para-hydroxylation sites is 1. The number of benzene rings is 2. The van der Waals surface area contributed by atoms with E-state index in [4.69, 9.17) is 0 Å². The molecule has 3 nitrogen and oxygen atoms in total. The zero-order valence-electron chi connectivity index (χ0n) is 12.1. The highest BCUT2D eigenvalue weighted by atomic mass is 79.9. The number of hydrogen-bond donors (Lipinski definition) is 0. The highest BCUT2D eigenvalue weighted by molar-refractivity contribution is 9.10. The van der Waals surface area contributed by atoms with Crippen LogP contribution in [0.25, 0.3) is 10.2 Å². The third-order valence-corrected chi connectivity index (χ3v) is 4.86. The van der Waals surface area contributed by atoms with Gasteiger partial charge in [-0.3, -0.25) is 4.79 Å². The van der Waals surface area contributed by atoms with Crippen LogP contribution in [0.1, 0.15) is 23.7 Å². The fourth-order valence-corrected chi connectivity index (χ4v) is 3.77. The van der Waals surface area contributed by atoms with Gasteiger partial charge in [-0.1, -0.05) is 52.4 Å². The van der Waals surface area contributed by atoms with Crippen LogP contribution in [-0.4, -0.2) is 10.5 Å². The second-order valence-corrected chi connectivity index (χ2v) is 6.86. The summed E-state index contributed by atoms with van der Waals surface area (Å²) < 4.78 is 4.15. The van der Waals surface area contributed by atoms with Crippen molar-refractivity contribution in [3.05, 3.63) is 63.4 Å². The molecule has 0 N–H and O–H groups in total. The SMILES string of the molecule is CCCn1c(=NC(=O)c2cccc(Br)c2)sc2ccccc21. The number of carbonyl (C=O) groups excluding carboxylic acids is 1. The van der Waals surface area contributed by atoms with Crippen LogP contribution >= 0.6 is 27.3 Å². The van der Waals surface area contributed by atoms with Crippen molar-refractivity contribution in [3.8, 4) is 0 Å². The van der Waals surface area contributed by atoms with E-state index < -0.39 is 0 Å². The van der Waals surface area contributed by atoms with Crippen LogP contribution in [0.2, 0.25) is 0 Å². The van der Waals surface area contributed by atoms with E-state index in [1.54, 1.807) is 23.5 Å². The van der Waals surface area contributed by atoms with Crippen LogP contribution in [0.5, 0.6) is 0 Å². The van der Waals surface area contributed by atoms with E-state index in [2.05, 4.69) is 44.5 Å². The van der Waals surface area contributed by atoms with Crippen LogP contribution in [-0.2, 0) is 6.54 Å². The first kappa shape index (κ1) is 15.2. The van der Waals surface area contributed by atoms with Gasteiger partial charge in [0.15, 0.2) is 4.80 Å². The molecule has 1 amide bonds. The minimum absolute atomic E-state index is 0.210. The number of thiazole rings is 1. The van der Waals surface area contributed by atoms with Crippen LogP contribution in [0.3, 0.4) is 0 Å². The van der Waals surface area contributed by atoms with Gasteiger partial charge in [0.1, 0.15) is 0 Å². The molecule has 0 radical (unpaired) electrons. The lowest BCUT2D eigenvalue weighted by Crippen LogP contribution is -2.16. The Hall–Kier alpha value is -1.72. The highest BCUT2D eigenvalue weighted by Gasteiger charge is 2.08. The molecule has 2 aromatic carbocycles. The van der Waals surface area contributed by atoms with Gasteiger partial charge in [0, 0.05) is 16.6 Å². The van der Waals surface area contributed by atoms with Crippen LogP contribution in [0.4, 0.5) is 0 Å². The number of rotatable bonds is 3. The molecule has 0 spiro atoms. The van der Waals surface area contributed by atoms with Crippen LogP contribution < -0.4 is 4.80 Å². The number of aryl methyl sites for hydroxylation is 1. The molecule has 5 heteroatoms. The normalized spacial score (nSPS) is 12.0. The van der Waals surface area contributed by atoms with Crippen LogP contribution in [0, 0.1) is 0 Å². The number of amides is 1. The Morgan fingerprint density at radius 1 is 1.23 bits per heavy atom. The lowest BCUT2D eigenvalue weighted by molar-refractivity contribution is 0.0997. The maximum Gasteiger partial charge on any atom is 0.279 e. The van der Waals surface area contributed by atoms with E-state index in [-0.39, 0.29) is 5.91 Å². The molecular formula is C17H15BrN2OS. The Bertz CT molecular complexity index is 895. The molecule has 3 aromatic rings. The summed E-state index contributed by atoms with van der Waals surface area (Å²) >= 11 is 4.94. The lowest BCUT2D eigenvalue weighted by atomic mass is 10.2. The van der Waals surface area contributed by atoms with Gasteiger partial charge in [0.2, 0.25) is 0 Å². The Labute approximate surface area is 141 Å². The summed E-state index contributed by atoms with van der Waals surface area (Å²) in [5.41, 5.74) is 1.73. The van der Waals surface area contributed by atoms with Crippen molar-refractivity contribution in [1.82, 2.24) is 4.57 Å². The molecule has 1 heterocycles. The second-order valence-electron chi connectivity index (χ2n) is 4.93. The summed E-state index contributed by atoms with van der Waals surface area (Å²) in [6, 6.07) is 15.5. The van der Waals surface area contributed by atoms with E-state index in [1.165, 1.54) is 0 Å². The number of hydrogen-bond acceptors (Lipinski definition) is 2. The Kier molecular flexibility index (Phi) is 4.55. The van der Waals surface area contributed by atoms with Gasteiger partial charge in [-0.15, -0.1) is 0 Å². The van der Waals surface area contributed by atoms with Gasteiger partial charge in [0.25, 0.3) is 5.91 Å². The fourth-order valence-electron chi connectivity index (χ4n) is 2.32. The molecule has 0 atom stereocenters. The van der Waals surface area contributed by atoms with Crippen molar-refractivity contribution in [1.29, 1.82) is 0 Å². The summed E-state index contributed by atoms with van der Waals surface area (Å²) in [5.74, 6) is -0.210. The van der Waals surface area contributed by atoms with Crippen molar-refractivity contribution in [2.24, 2.45) is 4.99 Å². The highest BCUT2D eigenvalue weighted by Crippen LogP contribution is 2.17. The first-order valence-electron chi connectivity index (χ1n) is 7.12. The molecule has 0 saturated heterocycles. The van der Waals surface area contributed by atoms with E-state index in [0.717, 1.165) is 32.5 Å². The zero-order chi connectivity index (χ0) is 15.5. The lowest BCUT2D eigenvalue weighted by Gasteiger charge is -2.02. The summed E-state index contributed by atoms with van der Waals surface area (Å²) in [5, 5.41) is 0. The van der Waals surface area contributed by atoms with Crippen LogP contribution in [0.15, 0.2) is 58.0 Å². The number of fused-ring (bicyclic) bond motifs is 1. The van der Waals surface area contributed by atoms with Gasteiger partial charge in [0.05, 0.1) is 10.2 Å². The maximum atomic E-state index is 12.4. The second kappa shape index (κ2) is 6.58. The number of carbonyl (C=O) groups is 1. The van der Waals surface area contributed by atoms with E-state index in [9.17, 15) is 4.79 Å². The molecule has 3 rings (SSSR count). The van der Waals surface area contributed by atoms with E-state index >= 15 is 0 Å². The van der Waals surface area contributed by atoms with Gasteiger partial charge in [-0.25, -0.2) is 0 Å². The Morgan fingerprint density at radius 3 is 2.82 bits per heavy atom. The van der Waals surface area contributed by atoms with Gasteiger partial charge in [-0.2, -0.15) is 4.99 Å². The van der Waals surface area contributed by atoms with Crippen molar-refractivity contribution >= 4 is 43.4 Å². The van der Waals surface area contributed by atoms with Crippen molar-refractivity contribution in [2.75, 3.05) is 0 Å². The smallest absolute Gasteiger partial charge is 0.279 e. The summed E-state index contributed by atoms with van der Waals surface area (Å²) in [6.07, 6.45) is 0.999. The molecule has 1 aromatic heterocycles. The molecule has 0 saturated carbocycles. The van der Waals surface area contributed by atoms with E-state index in [0.29, 0.717) is 5.56 Å². The van der Waals surface area contributed by atoms with Gasteiger partial charge >= 0.3 is 0 Å². The molecule has 112 valence electrons. The molecule has 0 aliphatic rings. The topological polar surface area (TPSA) is 34.4 Å². The fraction of sp³-hybridized carbons (Fsp3) is 0.176. The minimum Gasteiger partial charge on any atom is -0.316 e. The first-order valence-corrected chi connectivity index (χ1v) is 8.73. The summed E-state index contributed by atoms with van der Waals surface area (Å²) in [4.78, 5) is 17.5. The summed E-state index contributed by atoms with van der Waals surface area (Å²) in [7, 11) is 0. The third-order valence-electron chi connectivity index (χ3n) is 3.30. The standard InChI is InChI=1S/C17H15BrN2OS/c1-2-10-20-14-8-3-4-9-15(14)22-17(20)19-16(21)12-6-5-7-13(18)11-12/h3-9,11H,2,10H2,1H3. The number of aromatic nitrogens is 1. The number of nitrogens with zero attached hydrogens (tertiary/aromatic N) is 2. The Morgan fingerprint density at radius 2 is 2.05 bits per heavy atom. The predicted molar refractivity (Wildman–Crippen MR) is 94.1 cm³/mol. The predicted octanol–water partition coefficient (Wildman–Crippen LogP) is 4.62. The zero-order valence-corrected chi connectivity index (χ0v) is 14.5. The largest absolute Gasteiger partial charge is 0.316 e. The number of halogens is 1. The third kappa shape index (κ3) is 3.05. The van der Waals surface area contributed by atoms with Crippen molar-refractivity contribution in [2.45, 2.75) is 19.9 Å². The first-order chi connectivity index (χ1) is 10.7. The average Bonchev–Trinajstić information content (AvgIpc) is 2.85. The molecule has 0 aliphatic heterocycles. The summed E-state index contributed by atoms with van der Waals surface area (Å²) in [6.45, 7) is 2.98. The molecule has 0 unspecified atom stereocenters. The molecule has 0 fully saturated rings. The molecular weight excluding hydrogens is 360 g/mol. The molecule has 0 bridgehead atoms. The quantitative estimate of drug-likeness (QED) is 0.658. The van der Waals surface area contributed by atoms with Crippen molar-refractivity contribution < 1.29 is 4.79 Å². The van der Waals surface area contributed by atoms with Gasteiger partial charge in [-0.05, 0) is 36.8 Å². The molecule has 0 aliphatic carbocycles. The Balaban J connectivity index is 2.12. The van der Waals surface area contributed by atoms with E-state index in [1.807, 2.05) is 24.3 Å². The van der Waals surface area contributed by atoms with Crippen molar-refractivity contribution in [3.63, 3.8) is 0 Å². The minimum atomic E-state index is -0.210. The molecule has 22 heavy (non-hydrogen) atoms.